The Morgan fingerprint density at radius 1 is 1.00 bits per heavy atom. The van der Waals surface area contributed by atoms with Crippen LogP contribution >= 0.6 is 0 Å². The molecule has 0 aliphatic heterocycles. The minimum absolute atomic E-state index is 0.372. The molecular formula is C12H23B4N. The van der Waals surface area contributed by atoms with Crippen LogP contribution in [0.25, 0.3) is 0 Å². The van der Waals surface area contributed by atoms with Gasteiger partial charge in [0, 0.05) is 0 Å². The van der Waals surface area contributed by atoms with E-state index in [9.17, 15) is 0 Å². The van der Waals surface area contributed by atoms with Crippen molar-refractivity contribution in [2.45, 2.75) is 40.0 Å². The van der Waals surface area contributed by atoms with Gasteiger partial charge in [-0.2, -0.15) is 0 Å². The quantitative estimate of drug-likeness (QED) is 0.479. The Morgan fingerprint density at radius 2 is 1.53 bits per heavy atom. The van der Waals surface area contributed by atoms with E-state index in [1.807, 2.05) is 0 Å². The van der Waals surface area contributed by atoms with E-state index < -0.39 is 0 Å². The van der Waals surface area contributed by atoms with Crippen LogP contribution in [0.4, 0.5) is 0 Å². The molecule has 0 aliphatic rings. The third-order valence-electron chi connectivity index (χ3n) is 3.65. The maximum atomic E-state index is 4.69. The molecule has 1 atom stereocenters. The van der Waals surface area contributed by atoms with Crippen molar-refractivity contribution in [1.82, 2.24) is 4.98 Å². The summed E-state index contributed by atoms with van der Waals surface area (Å²) in [5.41, 5.74) is 7.01. The standard InChI is InChI=1S/C12H23B4N/c1-6(5-12(2,3)4)7-8(13)9(14)11(16)17-10(7)15/h6H,5,13-16H2,1-4H3. The Kier molecular flexibility index (Phi) is 4.22. The Labute approximate surface area is 110 Å². The second kappa shape index (κ2) is 4.96. The first-order valence-electron chi connectivity index (χ1n) is 6.58. The van der Waals surface area contributed by atoms with Crippen LogP contribution in [0.3, 0.4) is 0 Å². The van der Waals surface area contributed by atoms with Crippen LogP contribution in [0.5, 0.6) is 0 Å². The molecule has 1 aromatic rings. The minimum Gasteiger partial charge on any atom is -0.280 e. The lowest BCUT2D eigenvalue weighted by molar-refractivity contribution is 0.350. The molecule has 1 heterocycles. The highest BCUT2D eigenvalue weighted by Crippen LogP contribution is 2.28. The van der Waals surface area contributed by atoms with Crippen LogP contribution in [-0.4, -0.2) is 36.4 Å². The molecule has 0 fully saturated rings. The van der Waals surface area contributed by atoms with Crippen molar-refractivity contribution in [2.24, 2.45) is 5.41 Å². The van der Waals surface area contributed by atoms with Crippen molar-refractivity contribution in [2.75, 3.05) is 0 Å². The lowest BCUT2D eigenvalue weighted by Gasteiger charge is -2.27. The molecule has 5 heteroatoms. The molecule has 0 radical (unpaired) electrons. The summed E-state index contributed by atoms with van der Waals surface area (Å²) in [6, 6.07) is 0. The summed E-state index contributed by atoms with van der Waals surface area (Å²) in [4.78, 5) is 4.69. The fourth-order valence-corrected chi connectivity index (χ4v) is 2.89. The van der Waals surface area contributed by atoms with E-state index in [-0.39, 0.29) is 0 Å². The first-order chi connectivity index (χ1) is 7.63. The number of nitrogens with zero attached hydrogens (tertiary/aromatic N) is 1. The molecule has 0 aliphatic carbocycles. The third kappa shape index (κ3) is 3.43. The van der Waals surface area contributed by atoms with Crippen LogP contribution in [0, 0.1) is 5.41 Å². The predicted octanol–water partition coefficient (Wildman–Crippen LogP) is -3.35. The number of rotatable bonds is 2. The number of hydrogen-bond donors (Lipinski definition) is 0. The fraction of sp³-hybridized carbons (Fsp3) is 0.583. The van der Waals surface area contributed by atoms with E-state index in [4.69, 9.17) is 0 Å². The van der Waals surface area contributed by atoms with E-state index >= 15 is 0 Å². The van der Waals surface area contributed by atoms with Gasteiger partial charge in [0.1, 0.15) is 15.7 Å². The Balaban J connectivity index is 3.18. The van der Waals surface area contributed by atoms with Gasteiger partial charge in [-0.25, -0.2) is 0 Å². The van der Waals surface area contributed by atoms with Crippen molar-refractivity contribution >= 4 is 53.5 Å². The van der Waals surface area contributed by atoms with Crippen molar-refractivity contribution in [1.29, 1.82) is 0 Å². The van der Waals surface area contributed by atoms with Gasteiger partial charge in [0.2, 0.25) is 0 Å². The molecule has 0 bridgehead atoms. The van der Waals surface area contributed by atoms with E-state index in [0.717, 1.165) is 0 Å². The SMILES string of the molecule is Bc1nc(B)c(C(C)CC(C)(C)C)c(B)c1B. The highest BCUT2D eigenvalue weighted by atomic mass is 14.7. The second-order valence-corrected chi connectivity index (χ2v) is 6.61. The predicted molar refractivity (Wildman–Crippen MR) is 89.4 cm³/mol. The van der Waals surface area contributed by atoms with Crippen LogP contribution in [0.1, 0.15) is 45.6 Å². The summed E-state index contributed by atoms with van der Waals surface area (Å²) >= 11 is 0. The van der Waals surface area contributed by atoms with Crippen LogP contribution < -0.4 is 22.1 Å². The molecule has 1 nitrogen and oxygen atoms in total. The van der Waals surface area contributed by atoms with Crippen molar-refractivity contribution in [3.05, 3.63) is 5.56 Å². The van der Waals surface area contributed by atoms with Gasteiger partial charge in [-0.3, -0.25) is 4.98 Å². The third-order valence-corrected chi connectivity index (χ3v) is 3.65. The summed E-state index contributed by atoms with van der Waals surface area (Å²) in [6.45, 7) is 9.25. The van der Waals surface area contributed by atoms with Crippen LogP contribution in [0.15, 0.2) is 0 Å². The Bertz CT molecular complexity index is 423. The van der Waals surface area contributed by atoms with Gasteiger partial charge in [-0.15, -0.1) is 0 Å². The molecule has 0 N–H and O–H groups in total. The van der Waals surface area contributed by atoms with E-state index in [1.165, 1.54) is 34.1 Å². The smallest absolute Gasteiger partial charge is 0.164 e. The zero-order valence-corrected chi connectivity index (χ0v) is 12.7. The summed E-state index contributed by atoms with van der Waals surface area (Å²) in [6.07, 6.45) is 1.21. The van der Waals surface area contributed by atoms with Crippen LogP contribution in [-0.2, 0) is 0 Å². The lowest BCUT2D eigenvalue weighted by Crippen LogP contribution is -2.49. The van der Waals surface area contributed by atoms with Gasteiger partial charge in [0.05, 0.1) is 0 Å². The average molecular weight is 225 g/mol. The minimum atomic E-state index is 0.372. The summed E-state index contributed by atoms with van der Waals surface area (Å²) in [5.74, 6) is 0.585. The summed E-state index contributed by atoms with van der Waals surface area (Å²) in [7, 11) is 8.68. The van der Waals surface area contributed by atoms with Gasteiger partial charge in [-0.05, 0) is 34.5 Å². The highest BCUT2D eigenvalue weighted by molar-refractivity contribution is 6.58. The molecule has 17 heavy (non-hydrogen) atoms. The van der Waals surface area contributed by atoms with E-state index in [1.54, 1.807) is 0 Å². The van der Waals surface area contributed by atoms with Gasteiger partial charge in [0.15, 0.2) is 15.7 Å². The molecule has 0 saturated heterocycles. The number of pyridine rings is 1. The molecule has 0 aromatic carbocycles. The van der Waals surface area contributed by atoms with E-state index in [0.29, 0.717) is 11.3 Å². The summed E-state index contributed by atoms with van der Waals surface area (Å²) in [5, 5.41) is 0. The maximum absolute atomic E-state index is 4.69. The molecule has 1 rings (SSSR count). The first kappa shape index (κ1) is 14.5. The highest BCUT2D eigenvalue weighted by Gasteiger charge is 2.20. The van der Waals surface area contributed by atoms with Crippen molar-refractivity contribution in [3.8, 4) is 0 Å². The molecule has 88 valence electrons. The van der Waals surface area contributed by atoms with E-state index in [2.05, 4.69) is 64.1 Å². The van der Waals surface area contributed by atoms with Gasteiger partial charge in [0.25, 0.3) is 0 Å². The van der Waals surface area contributed by atoms with Gasteiger partial charge >= 0.3 is 0 Å². The lowest BCUT2D eigenvalue weighted by atomic mass is 9.67. The zero-order valence-electron chi connectivity index (χ0n) is 12.7. The Morgan fingerprint density at radius 3 is 2.00 bits per heavy atom. The second-order valence-electron chi connectivity index (χ2n) is 6.61. The normalized spacial score (nSPS) is 13.6. The van der Waals surface area contributed by atoms with Crippen molar-refractivity contribution in [3.63, 3.8) is 0 Å². The monoisotopic (exact) mass is 225 g/mol. The molecular weight excluding hydrogens is 201 g/mol. The molecule has 0 spiro atoms. The molecule has 1 unspecified atom stereocenters. The first-order valence-corrected chi connectivity index (χ1v) is 6.58. The number of aromatic nitrogens is 1. The molecule has 0 amide bonds. The topological polar surface area (TPSA) is 12.9 Å². The molecule has 1 aromatic heterocycles. The largest absolute Gasteiger partial charge is 0.280 e. The van der Waals surface area contributed by atoms with Crippen molar-refractivity contribution < 1.29 is 0 Å². The maximum Gasteiger partial charge on any atom is 0.164 e. The Hall–Kier alpha value is -0.590. The molecule has 0 saturated carbocycles. The fourth-order valence-electron chi connectivity index (χ4n) is 2.89. The average Bonchev–Trinajstić information content (AvgIpc) is 2.11. The zero-order chi connectivity index (χ0) is 13.4. The van der Waals surface area contributed by atoms with Gasteiger partial charge < -0.3 is 0 Å². The van der Waals surface area contributed by atoms with Crippen LogP contribution in [0.2, 0.25) is 0 Å². The van der Waals surface area contributed by atoms with Gasteiger partial charge in [-0.1, -0.05) is 38.6 Å². The number of hydrogen-bond acceptors (Lipinski definition) is 1. The summed E-state index contributed by atoms with van der Waals surface area (Å²) < 4.78 is 0.